The van der Waals surface area contributed by atoms with Crippen LogP contribution in [0.15, 0.2) is 12.7 Å². The number of aromatic nitrogens is 3. The van der Waals surface area contributed by atoms with Crippen molar-refractivity contribution in [2.45, 2.75) is 45.2 Å². The maximum atomic E-state index is 12.1. The van der Waals surface area contributed by atoms with E-state index in [1.165, 1.54) is 12.7 Å². The molecule has 0 spiro atoms. The summed E-state index contributed by atoms with van der Waals surface area (Å²) in [5.41, 5.74) is 0. The minimum atomic E-state index is 0.164. The minimum absolute atomic E-state index is 0.164. The van der Waals surface area contributed by atoms with Gasteiger partial charge in [0.1, 0.15) is 19.2 Å². The fourth-order valence-corrected chi connectivity index (χ4v) is 2.30. The smallest absolute Gasteiger partial charge is 0.244 e. The highest BCUT2D eigenvalue weighted by Gasteiger charge is 2.25. The summed E-state index contributed by atoms with van der Waals surface area (Å²) in [6.07, 6.45) is 7.59. The molecule has 2 rings (SSSR count). The summed E-state index contributed by atoms with van der Waals surface area (Å²) in [7, 11) is 0. The molecule has 1 aromatic rings. The summed E-state index contributed by atoms with van der Waals surface area (Å²) >= 11 is 0. The Hall–Kier alpha value is -1.39. The molecule has 0 aliphatic carbocycles. The van der Waals surface area contributed by atoms with Gasteiger partial charge >= 0.3 is 0 Å². The molecule has 1 amide bonds. The molecule has 2 heterocycles. The van der Waals surface area contributed by atoms with Crippen molar-refractivity contribution in [2.75, 3.05) is 6.54 Å². The normalized spacial score (nSPS) is 21.1. The third kappa shape index (κ3) is 2.40. The van der Waals surface area contributed by atoms with E-state index in [-0.39, 0.29) is 5.91 Å². The first kappa shape index (κ1) is 11.1. The second kappa shape index (κ2) is 5.09. The number of hydrogen-bond acceptors (Lipinski definition) is 3. The van der Waals surface area contributed by atoms with Crippen LogP contribution in [0.2, 0.25) is 0 Å². The number of amides is 1. The molecule has 1 saturated heterocycles. The molecular weight excluding hydrogens is 204 g/mol. The predicted octanol–water partition coefficient (Wildman–Crippen LogP) is 1.07. The van der Waals surface area contributed by atoms with Crippen LogP contribution >= 0.6 is 0 Å². The molecule has 0 bridgehead atoms. The van der Waals surface area contributed by atoms with Crippen LogP contribution in [0.4, 0.5) is 0 Å². The van der Waals surface area contributed by atoms with Gasteiger partial charge in [0.25, 0.3) is 0 Å². The van der Waals surface area contributed by atoms with Crippen molar-refractivity contribution in [3.05, 3.63) is 12.7 Å². The number of carbonyl (C=O) groups excluding carboxylic acids is 1. The second-order valence-corrected chi connectivity index (χ2v) is 4.24. The van der Waals surface area contributed by atoms with Gasteiger partial charge in [0, 0.05) is 12.6 Å². The Bertz CT molecular complexity index is 336. The molecule has 0 saturated carbocycles. The van der Waals surface area contributed by atoms with E-state index >= 15 is 0 Å². The van der Waals surface area contributed by atoms with E-state index in [0.29, 0.717) is 12.6 Å². The van der Waals surface area contributed by atoms with Crippen molar-refractivity contribution in [1.82, 2.24) is 19.7 Å². The van der Waals surface area contributed by atoms with E-state index in [1.54, 1.807) is 11.0 Å². The number of likely N-dealkylation sites (tertiary alicyclic amines) is 1. The van der Waals surface area contributed by atoms with Crippen LogP contribution in [-0.2, 0) is 11.3 Å². The lowest BCUT2D eigenvalue weighted by Gasteiger charge is -2.35. The van der Waals surface area contributed by atoms with Gasteiger partial charge in [-0.1, -0.05) is 6.92 Å². The summed E-state index contributed by atoms with van der Waals surface area (Å²) < 4.78 is 1.59. The van der Waals surface area contributed by atoms with Gasteiger partial charge in [-0.05, 0) is 25.7 Å². The largest absolute Gasteiger partial charge is 0.338 e. The molecule has 1 unspecified atom stereocenters. The van der Waals surface area contributed by atoms with Crippen molar-refractivity contribution < 1.29 is 4.79 Å². The fraction of sp³-hybridized carbons (Fsp3) is 0.727. The number of carbonyl (C=O) groups is 1. The molecule has 1 aromatic heterocycles. The van der Waals surface area contributed by atoms with Gasteiger partial charge < -0.3 is 4.90 Å². The van der Waals surface area contributed by atoms with Crippen LogP contribution in [0.1, 0.15) is 32.6 Å². The minimum Gasteiger partial charge on any atom is -0.338 e. The molecule has 1 atom stereocenters. The van der Waals surface area contributed by atoms with Crippen molar-refractivity contribution >= 4 is 5.91 Å². The number of rotatable bonds is 3. The zero-order valence-corrected chi connectivity index (χ0v) is 9.67. The van der Waals surface area contributed by atoms with E-state index in [2.05, 4.69) is 17.0 Å². The molecule has 0 aromatic carbocycles. The maximum Gasteiger partial charge on any atom is 0.244 e. The Balaban J connectivity index is 1.97. The van der Waals surface area contributed by atoms with Crippen molar-refractivity contribution in [2.24, 2.45) is 0 Å². The number of hydrogen-bond donors (Lipinski definition) is 0. The summed E-state index contributed by atoms with van der Waals surface area (Å²) in [6.45, 7) is 3.36. The Kier molecular flexibility index (Phi) is 3.54. The third-order valence-electron chi connectivity index (χ3n) is 3.18. The second-order valence-electron chi connectivity index (χ2n) is 4.24. The first-order valence-electron chi connectivity index (χ1n) is 5.93. The predicted molar refractivity (Wildman–Crippen MR) is 59.7 cm³/mol. The van der Waals surface area contributed by atoms with Crippen molar-refractivity contribution in [3.63, 3.8) is 0 Å². The van der Waals surface area contributed by atoms with Crippen LogP contribution in [-0.4, -0.2) is 38.2 Å². The molecule has 88 valence electrons. The van der Waals surface area contributed by atoms with Crippen LogP contribution in [0.25, 0.3) is 0 Å². The highest BCUT2D eigenvalue weighted by Crippen LogP contribution is 2.19. The first-order chi connectivity index (χ1) is 7.81. The molecule has 0 N–H and O–H groups in total. The summed E-state index contributed by atoms with van der Waals surface area (Å²) in [5.74, 6) is 0.164. The van der Waals surface area contributed by atoms with E-state index in [4.69, 9.17) is 0 Å². The van der Waals surface area contributed by atoms with Gasteiger partial charge in [0.05, 0.1) is 0 Å². The lowest BCUT2D eigenvalue weighted by Crippen LogP contribution is -2.44. The van der Waals surface area contributed by atoms with Gasteiger partial charge in [-0.15, -0.1) is 0 Å². The van der Waals surface area contributed by atoms with Gasteiger partial charge in [-0.25, -0.2) is 9.67 Å². The number of nitrogens with zero attached hydrogens (tertiary/aromatic N) is 4. The van der Waals surface area contributed by atoms with E-state index < -0.39 is 0 Å². The standard InChI is InChI=1S/C11H18N4O/c1-2-10-5-3-4-6-15(10)11(16)7-14-9-12-8-13-14/h8-10H,2-7H2,1H3. The Morgan fingerprint density at radius 2 is 2.38 bits per heavy atom. The van der Waals surface area contributed by atoms with Gasteiger partial charge in [-0.3, -0.25) is 4.79 Å². The molecule has 16 heavy (non-hydrogen) atoms. The van der Waals surface area contributed by atoms with E-state index in [9.17, 15) is 4.79 Å². The van der Waals surface area contributed by atoms with Crippen LogP contribution < -0.4 is 0 Å². The molecule has 1 aliphatic rings. The molecular formula is C11H18N4O. The average Bonchev–Trinajstić information content (AvgIpc) is 2.81. The first-order valence-corrected chi connectivity index (χ1v) is 5.93. The van der Waals surface area contributed by atoms with E-state index in [0.717, 1.165) is 25.8 Å². The third-order valence-corrected chi connectivity index (χ3v) is 3.18. The summed E-state index contributed by atoms with van der Waals surface area (Å²) in [5, 5.41) is 3.96. The summed E-state index contributed by atoms with van der Waals surface area (Å²) in [4.78, 5) is 17.9. The Morgan fingerprint density at radius 1 is 1.50 bits per heavy atom. The summed E-state index contributed by atoms with van der Waals surface area (Å²) in [6, 6.07) is 0.421. The molecule has 5 nitrogen and oxygen atoms in total. The SMILES string of the molecule is CCC1CCCCN1C(=O)Cn1cncn1. The molecule has 5 heteroatoms. The highest BCUT2D eigenvalue weighted by molar-refractivity contribution is 5.76. The van der Waals surface area contributed by atoms with Crippen LogP contribution in [0.5, 0.6) is 0 Å². The number of piperidine rings is 1. The topological polar surface area (TPSA) is 51.0 Å². The molecule has 0 radical (unpaired) electrons. The van der Waals surface area contributed by atoms with Crippen LogP contribution in [0.3, 0.4) is 0 Å². The molecule has 1 aliphatic heterocycles. The van der Waals surface area contributed by atoms with Gasteiger partial charge in [0.2, 0.25) is 5.91 Å². The monoisotopic (exact) mass is 222 g/mol. The Labute approximate surface area is 95.5 Å². The van der Waals surface area contributed by atoms with Gasteiger partial charge in [0.15, 0.2) is 0 Å². The quantitative estimate of drug-likeness (QED) is 0.768. The lowest BCUT2D eigenvalue weighted by molar-refractivity contribution is -0.135. The van der Waals surface area contributed by atoms with Crippen LogP contribution in [0, 0.1) is 0 Å². The molecule has 1 fully saturated rings. The average molecular weight is 222 g/mol. The Morgan fingerprint density at radius 3 is 3.06 bits per heavy atom. The highest BCUT2D eigenvalue weighted by atomic mass is 16.2. The van der Waals surface area contributed by atoms with Crippen molar-refractivity contribution in [1.29, 1.82) is 0 Å². The van der Waals surface area contributed by atoms with Gasteiger partial charge in [-0.2, -0.15) is 5.10 Å². The van der Waals surface area contributed by atoms with E-state index in [1.807, 2.05) is 4.90 Å². The lowest BCUT2D eigenvalue weighted by atomic mass is 10.00. The zero-order valence-electron chi connectivity index (χ0n) is 9.67. The fourth-order valence-electron chi connectivity index (χ4n) is 2.30. The van der Waals surface area contributed by atoms with Crippen molar-refractivity contribution in [3.8, 4) is 0 Å². The maximum absolute atomic E-state index is 12.1. The zero-order chi connectivity index (χ0) is 11.4.